The van der Waals surface area contributed by atoms with Crippen LogP contribution in [-0.4, -0.2) is 35.0 Å². The molecule has 0 aliphatic heterocycles. The van der Waals surface area contributed by atoms with Crippen LogP contribution in [0.15, 0.2) is 65.7 Å². The molecule has 2 heterocycles. The molecule has 0 saturated carbocycles. The molecule has 0 N–H and O–H groups in total. The quantitative estimate of drug-likeness (QED) is 0.396. The Kier molecular flexibility index (Phi) is 6.12. The van der Waals surface area contributed by atoms with Crippen LogP contribution in [0.4, 0.5) is 0 Å². The third-order valence-electron chi connectivity index (χ3n) is 5.02. The normalized spacial score (nSPS) is 10.7. The fraction of sp³-hybridized carbons (Fsp3) is 0.167. The maximum absolute atomic E-state index is 13.3. The largest absolute Gasteiger partial charge is 0.497 e. The highest BCUT2D eigenvalue weighted by Crippen LogP contribution is 2.25. The zero-order valence-electron chi connectivity index (χ0n) is 17.6. The highest BCUT2D eigenvalue weighted by molar-refractivity contribution is 5.76. The molecule has 2 aromatic carbocycles. The summed E-state index contributed by atoms with van der Waals surface area (Å²) in [5.74, 6) is 2.17. The average molecular weight is 431 g/mol. The summed E-state index contributed by atoms with van der Waals surface area (Å²) in [5.41, 5.74) is 1.56. The highest BCUT2D eigenvalue weighted by Gasteiger charge is 2.15. The molecular weight excluding hydrogens is 410 g/mol. The van der Waals surface area contributed by atoms with Crippen molar-refractivity contribution < 1.29 is 19.0 Å². The molecule has 0 saturated heterocycles. The number of aldehydes is 1. The molecule has 0 aliphatic rings. The van der Waals surface area contributed by atoms with Gasteiger partial charge >= 0.3 is 0 Å². The van der Waals surface area contributed by atoms with Gasteiger partial charge in [0, 0.05) is 23.4 Å². The first kappa shape index (κ1) is 21.0. The number of nitrogens with zero attached hydrogens (tertiary/aromatic N) is 3. The van der Waals surface area contributed by atoms with E-state index in [1.165, 1.54) is 0 Å². The monoisotopic (exact) mass is 431 g/mol. The van der Waals surface area contributed by atoms with Crippen LogP contribution in [0.1, 0.15) is 21.7 Å². The number of methoxy groups -OCH3 is 2. The lowest BCUT2D eigenvalue weighted by Crippen LogP contribution is -2.27. The summed E-state index contributed by atoms with van der Waals surface area (Å²) >= 11 is 0. The minimum absolute atomic E-state index is 0.0286. The third-order valence-corrected chi connectivity index (χ3v) is 5.02. The van der Waals surface area contributed by atoms with E-state index < -0.39 is 0 Å². The zero-order chi connectivity index (χ0) is 22.5. The number of carbonyl (C=O) groups excluding carboxylic acids is 1. The SMILES string of the molecule is COc1ccc(Cn2c(COc3cccc(C=O)c3)nc3cnccc3c2=O)c(OC)c1. The van der Waals surface area contributed by atoms with Gasteiger partial charge in [-0.1, -0.05) is 12.1 Å². The summed E-state index contributed by atoms with van der Waals surface area (Å²) in [6.45, 7) is 0.255. The molecule has 32 heavy (non-hydrogen) atoms. The van der Waals surface area contributed by atoms with Gasteiger partial charge in [0.2, 0.25) is 0 Å². The lowest BCUT2D eigenvalue weighted by Gasteiger charge is -2.16. The van der Waals surface area contributed by atoms with Gasteiger partial charge in [-0.2, -0.15) is 0 Å². The van der Waals surface area contributed by atoms with E-state index in [-0.39, 0.29) is 18.7 Å². The van der Waals surface area contributed by atoms with Crippen molar-refractivity contribution in [2.45, 2.75) is 13.2 Å². The summed E-state index contributed by atoms with van der Waals surface area (Å²) < 4.78 is 18.2. The summed E-state index contributed by atoms with van der Waals surface area (Å²) in [5, 5.41) is 0.458. The van der Waals surface area contributed by atoms with Crippen molar-refractivity contribution in [3.8, 4) is 17.2 Å². The molecular formula is C24H21N3O5. The van der Waals surface area contributed by atoms with Crippen molar-refractivity contribution in [3.05, 3.63) is 88.2 Å². The number of hydrogen-bond donors (Lipinski definition) is 0. The van der Waals surface area contributed by atoms with Crippen LogP contribution >= 0.6 is 0 Å². The first-order valence-electron chi connectivity index (χ1n) is 9.85. The van der Waals surface area contributed by atoms with Crippen LogP contribution in [0.25, 0.3) is 10.9 Å². The lowest BCUT2D eigenvalue weighted by molar-refractivity contribution is 0.112. The Morgan fingerprint density at radius 2 is 1.91 bits per heavy atom. The van der Waals surface area contributed by atoms with Gasteiger partial charge in [-0.15, -0.1) is 0 Å². The van der Waals surface area contributed by atoms with E-state index in [0.29, 0.717) is 39.5 Å². The Bertz CT molecular complexity index is 1330. The smallest absolute Gasteiger partial charge is 0.261 e. The molecule has 8 nitrogen and oxygen atoms in total. The van der Waals surface area contributed by atoms with Crippen molar-refractivity contribution in [2.75, 3.05) is 14.2 Å². The Labute approximate surface area is 184 Å². The number of aromatic nitrogens is 3. The summed E-state index contributed by atoms with van der Waals surface area (Å²) in [4.78, 5) is 33.1. The van der Waals surface area contributed by atoms with Crippen molar-refractivity contribution in [1.82, 2.24) is 14.5 Å². The van der Waals surface area contributed by atoms with Crippen LogP contribution in [0.2, 0.25) is 0 Å². The first-order valence-corrected chi connectivity index (χ1v) is 9.85. The van der Waals surface area contributed by atoms with E-state index in [9.17, 15) is 9.59 Å². The Balaban J connectivity index is 1.75. The number of pyridine rings is 1. The van der Waals surface area contributed by atoms with Crippen molar-refractivity contribution in [3.63, 3.8) is 0 Å². The van der Waals surface area contributed by atoms with Gasteiger partial charge in [0.05, 0.1) is 37.9 Å². The predicted molar refractivity (Wildman–Crippen MR) is 119 cm³/mol. The average Bonchev–Trinajstić information content (AvgIpc) is 2.84. The minimum Gasteiger partial charge on any atom is -0.497 e. The third kappa shape index (κ3) is 4.29. The fourth-order valence-electron chi connectivity index (χ4n) is 3.37. The van der Waals surface area contributed by atoms with E-state index >= 15 is 0 Å². The van der Waals surface area contributed by atoms with Gasteiger partial charge < -0.3 is 14.2 Å². The van der Waals surface area contributed by atoms with Crippen LogP contribution < -0.4 is 19.8 Å². The first-order chi connectivity index (χ1) is 15.6. The maximum atomic E-state index is 13.3. The minimum atomic E-state index is -0.212. The zero-order valence-corrected chi connectivity index (χ0v) is 17.6. The summed E-state index contributed by atoms with van der Waals surface area (Å²) in [6, 6.07) is 13.8. The van der Waals surface area contributed by atoms with E-state index in [0.717, 1.165) is 11.8 Å². The Hall–Kier alpha value is -4.20. The van der Waals surface area contributed by atoms with E-state index in [1.807, 2.05) is 12.1 Å². The molecule has 4 rings (SSSR count). The summed E-state index contributed by atoms with van der Waals surface area (Å²) in [7, 11) is 3.14. The second kappa shape index (κ2) is 9.30. The van der Waals surface area contributed by atoms with Gasteiger partial charge in [0.1, 0.15) is 30.1 Å². The van der Waals surface area contributed by atoms with Crippen LogP contribution in [-0.2, 0) is 13.2 Å². The molecule has 0 atom stereocenters. The molecule has 0 amide bonds. The van der Waals surface area contributed by atoms with Gasteiger partial charge in [-0.3, -0.25) is 19.1 Å². The standard InChI is InChI=1S/C24H21N3O5/c1-30-18-7-6-17(22(11-18)31-2)13-27-23(15-32-19-5-3-4-16(10-19)14-28)26-21-12-25-9-8-20(21)24(27)29/h3-12,14H,13,15H2,1-2H3. The van der Waals surface area contributed by atoms with E-state index in [1.54, 1.807) is 67.6 Å². The number of hydrogen-bond acceptors (Lipinski definition) is 7. The van der Waals surface area contributed by atoms with Gasteiger partial charge in [0.25, 0.3) is 5.56 Å². The molecule has 0 aliphatic carbocycles. The van der Waals surface area contributed by atoms with Gasteiger partial charge in [-0.25, -0.2) is 4.98 Å². The van der Waals surface area contributed by atoms with Crippen molar-refractivity contribution >= 4 is 17.2 Å². The Morgan fingerprint density at radius 1 is 1.03 bits per heavy atom. The maximum Gasteiger partial charge on any atom is 0.261 e. The molecule has 2 aromatic heterocycles. The number of fused-ring (bicyclic) bond motifs is 1. The van der Waals surface area contributed by atoms with Crippen LogP contribution in [0.3, 0.4) is 0 Å². The molecule has 8 heteroatoms. The predicted octanol–water partition coefficient (Wildman–Crippen LogP) is 3.25. The molecule has 0 bridgehead atoms. The van der Waals surface area contributed by atoms with E-state index in [2.05, 4.69) is 9.97 Å². The molecule has 162 valence electrons. The summed E-state index contributed by atoms with van der Waals surface area (Å²) in [6.07, 6.45) is 3.86. The molecule has 4 aromatic rings. The molecule has 0 unspecified atom stereocenters. The topological polar surface area (TPSA) is 92.5 Å². The number of benzene rings is 2. The van der Waals surface area contributed by atoms with Crippen molar-refractivity contribution in [1.29, 1.82) is 0 Å². The fourth-order valence-corrected chi connectivity index (χ4v) is 3.37. The highest BCUT2D eigenvalue weighted by atomic mass is 16.5. The second-order valence-electron chi connectivity index (χ2n) is 6.97. The number of rotatable bonds is 8. The van der Waals surface area contributed by atoms with Gasteiger partial charge in [0.15, 0.2) is 5.82 Å². The number of carbonyl (C=O) groups is 1. The Morgan fingerprint density at radius 3 is 2.69 bits per heavy atom. The molecule has 0 fully saturated rings. The number of ether oxygens (including phenoxy) is 3. The van der Waals surface area contributed by atoms with Crippen LogP contribution in [0.5, 0.6) is 17.2 Å². The molecule has 0 radical (unpaired) electrons. The van der Waals surface area contributed by atoms with Crippen molar-refractivity contribution in [2.24, 2.45) is 0 Å². The van der Waals surface area contributed by atoms with Gasteiger partial charge in [-0.05, 0) is 30.3 Å². The molecule has 0 spiro atoms. The van der Waals surface area contributed by atoms with Crippen LogP contribution in [0, 0.1) is 0 Å². The second-order valence-corrected chi connectivity index (χ2v) is 6.97. The lowest BCUT2D eigenvalue weighted by atomic mass is 10.1. The van der Waals surface area contributed by atoms with E-state index in [4.69, 9.17) is 14.2 Å².